The van der Waals surface area contributed by atoms with Crippen LogP contribution in [0.15, 0.2) is 62.2 Å². The third-order valence-corrected chi connectivity index (χ3v) is 4.28. The molecule has 0 amide bonds. The van der Waals surface area contributed by atoms with E-state index in [1.54, 1.807) is 43.3 Å². The molecule has 7 heteroatoms. The Kier molecular flexibility index (Phi) is 5.71. The van der Waals surface area contributed by atoms with Crippen molar-refractivity contribution in [3.8, 4) is 5.75 Å². The van der Waals surface area contributed by atoms with Gasteiger partial charge in [0.25, 0.3) is 0 Å². The van der Waals surface area contributed by atoms with Crippen LogP contribution in [0.2, 0.25) is 0 Å². The van der Waals surface area contributed by atoms with Gasteiger partial charge in [0.2, 0.25) is 0 Å². The molecule has 0 saturated carbocycles. The fourth-order valence-electron chi connectivity index (χ4n) is 2.47. The van der Waals surface area contributed by atoms with Gasteiger partial charge < -0.3 is 13.9 Å². The Balaban J connectivity index is 1.57. The SMILES string of the molecule is Cc1cc(=O)oc2cc(OCC(=O)OCC(=O)c3cccc(Br)c3)ccc12. The summed E-state index contributed by atoms with van der Waals surface area (Å²) in [6.07, 6.45) is 0. The Labute approximate surface area is 162 Å². The zero-order chi connectivity index (χ0) is 19.4. The van der Waals surface area contributed by atoms with Gasteiger partial charge in [0.05, 0.1) is 0 Å². The van der Waals surface area contributed by atoms with Gasteiger partial charge in [-0.1, -0.05) is 28.1 Å². The van der Waals surface area contributed by atoms with Crippen LogP contribution in [0, 0.1) is 6.92 Å². The minimum Gasteiger partial charge on any atom is -0.482 e. The largest absolute Gasteiger partial charge is 0.482 e. The summed E-state index contributed by atoms with van der Waals surface area (Å²) in [5, 5.41) is 0.782. The molecular formula is C20H15BrO6. The number of esters is 1. The average Bonchev–Trinajstić information content (AvgIpc) is 2.64. The molecule has 3 rings (SSSR count). The molecule has 0 unspecified atom stereocenters. The van der Waals surface area contributed by atoms with E-state index in [1.165, 1.54) is 12.1 Å². The number of carbonyl (C=O) groups excluding carboxylic acids is 2. The van der Waals surface area contributed by atoms with Crippen molar-refractivity contribution in [2.45, 2.75) is 6.92 Å². The van der Waals surface area contributed by atoms with Crippen molar-refractivity contribution in [3.05, 3.63) is 74.6 Å². The fraction of sp³-hybridized carbons (Fsp3) is 0.150. The third-order valence-electron chi connectivity index (χ3n) is 3.79. The number of ketones is 1. The number of halogens is 1. The molecule has 0 spiro atoms. The second-order valence-corrected chi connectivity index (χ2v) is 6.70. The fourth-order valence-corrected chi connectivity index (χ4v) is 2.87. The molecule has 1 aromatic heterocycles. The topological polar surface area (TPSA) is 82.8 Å². The summed E-state index contributed by atoms with van der Waals surface area (Å²) in [5.41, 5.74) is 1.15. The van der Waals surface area contributed by atoms with Crippen molar-refractivity contribution in [2.24, 2.45) is 0 Å². The van der Waals surface area contributed by atoms with Crippen LogP contribution in [0.1, 0.15) is 15.9 Å². The van der Waals surface area contributed by atoms with Crippen molar-refractivity contribution in [1.29, 1.82) is 0 Å². The van der Waals surface area contributed by atoms with E-state index in [9.17, 15) is 14.4 Å². The molecule has 0 aliphatic heterocycles. The van der Waals surface area contributed by atoms with Crippen molar-refractivity contribution in [2.75, 3.05) is 13.2 Å². The number of Topliss-reactive ketones (excluding diaryl/α,β-unsaturated/α-hetero) is 1. The summed E-state index contributed by atoms with van der Waals surface area (Å²) in [6.45, 7) is 1.07. The lowest BCUT2D eigenvalue weighted by Crippen LogP contribution is -2.19. The quantitative estimate of drug-likeness (QED) is 0.337. The summed E-state index contributed by atoms with van der Waals surface area (Å²) in [5.74, 6) is -0.636. The van der Waals surface area contributed by atoms with Crippen LogP contribution in [0.4, 0.5) is 0 Å². The number of carbonyl (C=O) groups is 2. The molecule has 6 nitrogen and oxygen atoms in total. The molecule has 0 bridgehead atoms. The number of ether oxygens (including phenoxy) is 2. The molecule has 0 atom stereocenters. The highest BCUT2D eigenvalue weighted by atomic mass is 79.9. The molecule has 0 aliphatic carbocycles. The van der Waals surface area contributed by atoms with Gasteiger partial charge in [-0.25, -0.2) is 9.59 Å². The second kappa shape index (κ2) is 8.18. The van der Waals surface area contributed by atoms with Gasteiger partial charge >= 0.3 is 11.6 Å². The van der Waals surface area contributed by atoms with Crippen LogP contribution in [0.3, 0.4) is 0 Å². The van der Waals surface area contributed by atoms with Gasteiger partial charge in [0, 0.05) is 27.6 Å². The molecule has 27 heavy (non-hydrogen) atoms. The van der Waals surface area contributed by atoms with Crippen LogP contribution in [-0.4, -0.2) is 25.0 Å². The highest BCUT2D eigenvalue weighted by molar-refractivity contribution is 9.10. The maximum Gasteiger partial charge on any atom is 0.344 e. The highest BCUT2D eigenvalue weighted by Gasteiger charge is 2.11. The van der Waals surface area contributed by atoms with Crippen LogP contribution in [-0.2, 0) is 9.53 Å². The minimum absolute atomic E-state index is 0.312. The van der Waals surface area contributed by atoms with Crippen LogP contribution in [0.5, 0.6) is 5.75 Å². The summed E-state index contributed by atoms with van der Waals surface area (Å²) in [4.78, 5) is 35.3. The van der Waals surface area contributed by atoms with Crippen molar-refractivity contribution in [1.82, 2.24) is 0 Å². The Morgan fingerprint density at radius 3 is 2.67 bits per heavy atom. The van der Waals surface area contributed by atoms with E-state index >= 15 is 0 Å². The molecule has 138 valence electrons. The van der Waals surface area contributed by atoms with E-state index in [2.05, 4.69) is 15.9 Å². The predicted molar refractivity (Wildman–Crippen MR) is 102 cm³/mol. The number of rotatable bonds is 6. The van der Waals surface area contributed by atoms with Gasteiger partial charge in [-0.3, -0.25) is 4.79 Å². The lowest BCUT2D eigenvalue weighted by Gasteiger charge is -2.08. The molecule has 0 radical (unpaired) electrons. The zero-order valence-electron chi connectivity index (χ0n) is 14.4. The first kappa shape index (κ1) is 18.8. The van der Waals surface area contributed by atoms with E-state index in [-0.39, 0.29) is 19.0 Å². The number of fused-ring (bicyclic) bond motifs is 1. The normalized spacial score (nSPS) is 10.6. The first-order valence-electron chi connectivity index (χ1n) is 8.04. The average molecular weight is 431 g/mol. The summed E-state index contributed by atoms with van der Waals surface area (Å²) < 4.78 is 16.2. The molecule has 2 aromatic carbocycles. The number of aryl methyl sites for hydroxylation is 1. The molecular weight excluding hydrogens is 416 g/mol. The standard InChI is InChI=1S/C20H15BrO6/c1-12-7-19(23)27-18-9-15(5-6-16(12)18)25-11-20(24)26-10-17(22)13-3-2-4-14(21)8-13/h2-9H,10-11H2,1H3. The van der Waals surface area contributed by atoms with Crippen LogP contribution in [0.25, 0.3) is 11.0 Å². The van der Waals surface area contributed by atoms with Gasteiger partial charge in [-0.2, -0.15) is 0 Å². The monoisotopic (exact) mass is 430 g/mol. The van der Waals surface area contributed by atoms with Gasteiger partial charge in [-0.05, 0) is 36.8 Å². The maximum absolute atomic E-state index is 12.0. The third kappa shape index (κ3) is 4.83. The van der Waals surface area contributed by atoms with E-state index in [0.29, 0.717) is 16.9 Å². The predicted octanol–water partition coefficient (Wildman–Crippen LogP) is 3.67. The van der Waals surface area contributed by atoms with E-state index in [0.717, 1.165) is 15.4 Å². The Morgan fingerprint density at radius 1 is 1.07 bits per heavy atom. The number of hydrogen-bond acceptors (Lipinski definition) is 6. The van der Waals surface area contributed by atoms with Crippen molar-refractivity contribution in [3.63, 3.8) is 0 Å². The van der Waals surface area contributed by atoms with Gasteiger partial charge in [-0.15, -0.1) is 0 Å². The first-order valence-corrected chi connectivity index (χ1v) is 8.83. The van der Waals surface area contributed by atoms with Crippen molar-refractivity contribution >= 4 is 38.7 Å². The molecule has 1 heterocycles. The van der Waals surface area contributed by atoms with Crippen LogP contribution >= 0.6 is 15.9 Å². The van der Waals surface area contributed by atoms with Gasteiger partial charge in [0.1, 0.15) is 11.3 Å². The second-order valence-electron chi connectivity index (χ2n) is 5.79. The Hall–Kier alpha value is -2.93. The summed E-state index contributed by atoms with van der Waals surface area (Å²) in [6, 6.07) is 13.2. The maximum atomic E-state index is 12.0. The summed E-state index contributed by atoms with van der Waals surface area (Å²) in [7, 11) is 0. The molecule has 0 saturated heterocycles. The Morgan fingerprint density at radius 2 is 1.89 bits per heavy atom. The summed E-state index contributed by atoms with van der Waals surface area (Å²) >= 11 is 3.28. The molecule has 3 aromatic rings. The minimum atomic E-state index is -0.677. The van der Waals surface area contributed by atoms with E-state index in [4.69, 9.17) is 13.9 Å². The number of benzene rings is 2. The van der Waals surface area contributed by atoms with Crippen molar-refractivity contribution < 1.29 is 23.5 Å². The number of hydrogen-bond donors (Lipinski definition) is 0. The zero-order valence-corrected chi connectivity index (χ0v) is 15.9. The highest BCUT2D eigenvalue weighted by Crippen LogP contribution is 2.22. The van der Waals surface area contributed by atoms with E-state index in [1.807, 2.05) is 0 Å². The molecule has 0 N–H and O–H groups in total. The van der Waals surface area contributed by atoms with Crippen LogP contribution < -0.4 is 10.4 Å². The molecule has 0 aliphatic rings. The Bertz CT molecular complexity index is 1070. The lowest BCUT2D eigenvalue weighted by molar-refractivity contribution is -0.144. The van der Waals surface area contributed by atoms with Gasteiger partial charge in [0.15, 0.2) is 19.0 Å². The van der Waals surface area contributed by atoms with E-state index < -0.39 is 11.6 Å². The lowest BCUT2D eigenvalue weighted by atomic mass is 10.1. The molecule has 0 fully saturated rings. The first-order chi connectivity index (χ1) is 12.9. The smallest absolute Gasteiger partial charge is 0.344 e.